The molecular weight excluding hydrogens is 447 g/mol. The average molecular weight is 464 g/mol. The van der Waals surface area contributed by atoms with Crippen LogP contribution in [0.2, 0.25) is 0 Å². The summed E-state index contributed by atoms with van der Waals surface area (Å²) in [7, 11) is 0. The Bertz CT molecular complexity index is 1350. The third kappa shape index (κ3) is 3.23. The molecule has 32 heavy (non-hydrogen) atoms. The minimum atomic E-state index is -1.22. The molecule has 1 atom stereocenters. The predicted molar refractivity (Wildman–Crippen MR) is 122 cm³/mol. The van der Waals surface area contributed by atoms with Crippen LogP contribution in [0.5, 0.6) is 0 Å². The summed E-state index contributed by atoms with van der Waals surface area (Å²) in [5.74, 6) is 0.000794. The van der Waals surface area contributed by atoms with Gasteiger partial charge in [0.15, 0.2) is 11.7 Å². The third-order valence-corrected chi connectivity index (χ3v) is 6.12. The second-order valence-corrected chi connectivity index (χ2v) is 8.53. The summed E-state index contributed by atoms with van der Waals surface area (Å²) in [6.45, 7) is 3.95. The van der Waals surface area contributed by atoms with Crippen molar-refractivity contribution in [3.8, 4) is 5.69 Å². The Morgan fingerprint density at radius 3 is 2.47 bits per heavy atom. The molecule has 0 amide bonds. The van der Waals surface area contributed by atoms with E-state index in [1.165, 1.54) is 12.1 Å². The van der Waals surface area contributed by atoms with E-state index in [0.29, 0.717) is 21.7 Å². The molecule has 160 valence electrons. The summed E-state index contributed by atoms with van der Waals surface area (Å²) in [4.78, 5) is 18.0. The number of carbonyl (C=O) groups is 1. The lowest BCUT2D eigenvalue weighted by atomic mass is 9.94. The van der Waals surface area contributed by atoms with Gasteiger partial charge in [0.25, 0.3) is 0 Å². The number of carboxylic acids is 1. The van der Waals surface area contributed by atoms with Gasteiger partial charge in [-0.05, 0) is 42.7 Å². The largest absolute Gasteiger partial charge is 0.545 e. The van der Waals surface area contributed by atoms with Gasteiger partial charge in [0.05, 0.1) is 33.5 Å². The molecule has 6 nitrogen and oxygen atoms in total. The number of benzene rings is 2. The van der Waals surface area contributed by atoms with Gasteiger partial charge in [0, 0.05) is 11.8 Å². The van der Waals surface area contributed by atoms with Crippen LogP contribution < -0.4 is 5.11 Å². The topological polar surface area (TPSA) is 73.5 Å². The molecule has 0 aliphatic carbocycles. The van der Waals surface area contributed by atoms with Gasteiger partial charge in [0.1, 0.15) is 0 Å². The molecule has 2 aliphatic heterocycles. The van der Waals surface area contributed by atoms with Crippen LogP contribution in [0.1, 0.15) is 38.8 Å². The van der Waals surface area contributed by atoms with Gasteiger partial charge < -0.3 is 14.8 Å². The first-order chi connectivity index (χ1) is 15.3. The number of fused-ring (bicyclic) bond motifs is 2. The number of aromatic carboxylic acids is 1. The fraction of sp³-hybridized carbons (Fsp3) is 0.125. The minimum absolute atomic E-state index is 0.108. The van der Waals surface area contributed by atoms with Crippen molar-refractivity contribution in [1.29, 1.82) is 0 Å². The van der Waals surface area contributed by atoms with Crippen molar-refractivity contribution in [2.45, 2.75) is 19.9 Å². The number of halogens is 2. The molecule has 5 rings (SSSR count). The third-order valence-electron chi connectivity index (χ3n) is 5.64. The molecule has 0 radical (unpaired) electrons. The number of rotatable bonds is 3. The Morgan fingerprint density at radius 1 is 1.06 bits per heavy atom. The van der Waals surface area contributed by atoms with Crippen molar-refractivity contribution in [1.82, 2.24) is 14.7 Å². The van der Waals surface area contributed by atoms with Crippen LogP contribution in [0.15, 0.2) is 75.9 Å². The molecule has 3 aromatic rings. The number of hydrogen-bond acceptors (Lipinski definition) is 5. The Balaban J connectivity index is 1.77. The Morgan fingerprint density at radius 2 is 1.78 bits per heavy atom. The van der Waals surface area contributed by atoms with Crippen LogP contribution in [0.4, 0.5) is 5.82 Å². The van der Waals surface area contributed by atoms with Crippen LogP contribution in [-0.2, 0) is 0 Å². The van der Waals surface area contributed by atoms with Crippen LogP contribution in [0.3, 0.4) is 0 Å². The number of aromatic nitrogens is 2. The fourth-order valence-electron chi connectivity index (χ4n) is 4.14. The second kappa shape index (κ2) is 7.65. The van der Waals surface area contributed by atoms with E-state index in [2.05, 4.69) is 0 Å². The van der Waals surface area contributed by atoms with Gasteiger partial charge >= 0.3 is 0 Å². The van der Waals surface area contributed by atoms with Gasteiger partial charge in [-0.1, -0.05) is 65.7 Å². The van der Waals surface area contributed by atoms with E-state index in [1.54, 1.807) is 24.4 Å². The molecule has 0 unspecified atom stereocenters. The maximum absolute atomic E-state index is 11.2. The van der Waals surface area contributed by atoms with Crippen LogP contribution in [0.25, 0.3) is 5.69 Å². The zero-order chi connectivity index (χ0) is 22.6. The van der Waals surface area contributed by atoms with Crippen molar-refractivity contribution >= 4 is 40.8 Å². The molecule has 0 fully saturated rings. The van der Waals surface area contributed by atoms with E-state index < -0.39 is 5.97 Å². The quantitative estimate of drug-likeness (QED) is 0.572. The normalized spacial score (nSPS) is 17.2. The number of nitrogens with zero attached hydrogens (tertiary/aromatic N) is 4. The summed E-state index contributed by atoms with van der Waals surface area (Å²) in [5.41, 5.74) is 4.63. The molecular formula is C24H17Cl2N4O2-. The highest BCUT2D eigenvalue weighted by atomic mass is 35.5. The summed E-state index contributed by atoms with van der Waals surface area (Å²) in [5, 5.41) is 16.9. The lowest BCUT2D eigenvalue weighted by Crippen LogP contribution is -2.36. The lowest BCUT2D eigenvalue weighted by Gasteiger charge is -2.37. The van der Waals surface area contributed by atoms with Crippen LogP contribution in [-0.4, -0.2) is 26.5 Å². The van der Waals surface area contributed by atoms with Gasteiger partial charge in [-0.15, -0.1) is 0 Å². The molecule has 3 heterocycles. The highest BCUT2D eigenvalue weighted by Gasteiger charge is 2.37. The van der Waals surface area contributed by atoms with Crippen molar-refractivity contribution in [2.24, 2.45) is 4.99 Å². The first-order valence-electron chi connectivity index (χ1n) is 9.94. The van der Waals surface area contributed by atoms with E-state index in [0.717, 1.165) is 28.1 Å². The highest BCUT2D eigenvalue weighted by Crippen LogP contribution is 2.45. The first kappa shape index (κ1) is 20.5. The van der Waals surface area contributed by atoms with E-state index in [-0.39, 0.29) is 11.6 Å². The summed E-state index contributed by atoms with van der Waals surface area (Å²) < 4.78 is 1.83. The molecule has 2 aromatic carbocycles. The van der Waals surface area contributed by atoms with Gasteiger partial charge in [-0.25, -0.2) is 9.67 Å². The summed E-state index contributed by atoms with van der Waals surface area (Å²) in [6, 6.07) is 14.2. The Labute approximate surface area is 194 Å². The van der Waals surface area contributed by atoms with E-state index in [9.17, 15) is 9.90 Å². The molecule has 8 heteroatoms. The number of para-hydroxylation sites is 1. The summed E-state index contributed by atoms with van der Waals surface area (Å²) in [6.07, 6.45) is 3.43. The zero-order valence-electron chi connectivity index (χ0n) is 17.2. The molecule has 1 aromatic heterocycles. The van der Waals surface area contributed by atoms with E-state index >= 15 is 0 Å². The maximum atomic E-state index is 11.2. The molecule has 0 bridgehead atoms. The van der Waals surface area contributed by atoms with Gasteiger partial charge in [-0.3, -0.25) is 0 Å². The number of hydrogen-bond donors (Lipinski definition) is 0. The predicted octanol–water partition coefficient (Wildman–Crippen LogP) is 4.50. The molecule has 0 saturated carbocycles. The van der Waals surface area contributed by atoms with Gasteiger partial charge in [-0.2, -0.15) is 5.10 Å². The number of carbonyl (C=O) groups excluding carboxylic acids is 1. The van der Waals surface area contributed by atoms with Crippen molar-refractivity contribution in [2.75, 3.05) is 0 Å². The lowest BCUT2D eigenvalue weighted by molar-refractivity contribution is -0.255. The number of aryl methyl sites for hydroxylation is 2. The van der Waals surface area contributed by atoms with Crippen LogP contribution >= 0.6 is 23.2 Å². The zero-order valence-corrected chi connectivity index (χ0v) is 18.7. The fourth-order valence-corrected chi connectivity index (χ4v) is 4.67. The Kier molecular flexibility index (Phi) is 4.92. The first-order valence-corrected chi connectivity index (χ1v) is 10.7. The molecule has 0 saturated heterocycles. The number of allylic oxidation sites excluding steroid dienone is 2. The van der Waals surface area contributed by atoms with E-state index in [1.807, 2.05) is 47.7 Å². The standard InChI is InChI=1S/C24H18Cl2N4O2/c1-13-5-3-4-6-19(13)30-23-20(14(2)28-30)21(15-7-9-16(10-8-15)24(31)32)29-12-17(25)11-18(26)22(29)27-23/h3-12,21H,1-2H3,(H,31,32)/p-1/t21-/m1/s1. The SMILES string of the molecule is Cc1ccccc1-n1nc(C)c2c1N=C1C(Cl)=CC(Cl)=CN1[C@@H]2c1ccc(C(=O)[O-])cc1. The summed E-state index contributed by atoms with van der Waals surface area (Å²) >= 11 is 12.9. The van der Waals surface area contributed by atoms with Crippen molar-refractivity contribution in [3.63, 3.8) is 0 Å². The average Bonchev–Trinajstić information content (AvgIpc) is 3.09. The molecule has 2 aliphatic rings. The number of carboxylic acid groups (broad SMARTS) is 1. The second-order valence-electron chi connectivity index (χ2n) is 7.68. The molecule has 0 spiro atoms. The smallest absolute Gasteiger partial charge is 0.164 e. The highest BCUT2D eigenvalue weighted by molar-refractivity contribution is 6.45. The van der Waals surface area contributed by atoms with Crippen molar-refractivity contribution in [3.05, 3.63) is 98.8 Å². The Hall–Kier alpha value is -3.35. The minimum Gasteiger partial charge on any atom is -0.545 e. The van der Waals surface area contributed by atoms with Crippen molar-refractivity contribution < 1.29 is 9.90 Å². The van der Waals surface area contributed by atoms with E-state index in [4.69, 9.17) is 33.3 Å². The number of aliphatic imine (C=N–C) groups is 1. The molecule has 0 N–H and O–H groups in total. The monoisotopic (exact) mass is 463 g/mol. The number of amidine groups is 1. The van der Waals surface area contributed by atoms with Gasteiger partial charge in [0.2, 0.25) is 0 Å². The van der Waals surface area contributed by atoms with Crippen LogP contribution in [0, 0.1) is 13.8 Å². The maximum Gasteiger partial charge on any atom is 0.164 e.